The molecule has 1 aromatic carbocycles. The molecule has 2 aliphatic heterocycles. The van der Waals surface area contributed by atoms with Gasteiger partial charge in [-0.15, -0.1) is 16.7 Å². The number of H-pyrrole nitrogens is 1. The second-order valence-electron chi connectivity index (χ2n) is 9.34. The number of hydrogen-bond acceptors (Lipinski definition) is 6. The number of aromatic nitrogens is 3. The van der Waals surface area contributed by atoms with E-state index < -0.39 is 0 Å². The van der Waals surface area contributed by atoms with Crippen LogP contribution in [0.2, 0.25) is 5.02 Å². The predicted molar refractivity (Wildman–Crippen MR) is 135 cm³/mol. The first-order chi connectivity index (χ1) is 16.0. The molecule has 0 spiro atoms. The molecule has 5 rings (SSSR count). The first-order valence-corrected chi connectivity index (χ1v) is 12.5. The van der Waals surface area contributed by atoms with E-state index in [1.165, 1.54) is 16.8 Å². The lowest BCUT2D eigenvalue weighted by Gasteiger charge is -2.42. The van der Waals surface area contributed by atoms with Gasteiger partial charge in [-0.05, 0) is 55.0 Å². The van der Waals surface area contributed by atoms with Gasteiger partial charge in [-0.2, -0.15) is 4.98 Å². The summed E-state index contributed by atoms with van der Waals surface area (Å²) in [5.74, 6) is 1.07. The molecule has 9 heteroatoms. The lowest BCUT2D eigenvalue weighted by atomic mass is 9.96. The zero-order valence-corrected chi connectivity index (χ0v) is 20.4. The SMILES string of the molecule is CN1CC(Cc2ccc(Cl)cc2)N(C2CCN(c3n[nH]c(N)n3)CC2)CC2=C1C=CC(Cl)C2. The molecule has 1 aliphatic carbocycles. The van der Waals surface area contributed by atoms with Crippen LogP contribution in [0, 0.1) is 0 Å². The Balaban J connectivity index is 1.37. The summed E-state index contributed by atoms with van der Waals surface area (Å²) in [7, 11) is 2.21. The van der Waals surface area contributed by atoms with Crippen molar-refractivity contribution in [2.24, 2.45) is 0 Å². The van der Waals surface area contributed by atoms with Crippen LogP contribution < -0.4 is 10.6 Å². The number of rotatable bonds is 4. The Labute approximate surface area is 205 Å². The predicted octanol–water partition coefficient (Wildman–Crippen LogP) is 3.69. The molecule has 0 radical (unpaired) electrons. The summed E-state index contributed by atoms with van der Waals surface area (Å²) >= 11 is 12.7. The molecule has 3 aliphatic rings. The lowest BCUT2D eigenvalue weighted by molar-refractivity contribution is 0.114. The highest BCUT2D eigenvalue weighted by atomic mass is 35.5. The number of nitrogens with zero attached hydrogens (tertiary/aromatic N) is 5. The number of likely N-dealkylation sites (N-methyl/N-ethyl adjacent to an activating group) is 1. The molecular formula is C24H31Cl2N7. The summed E-state index contributed by atoms with van der Waals surface area (Å²) in [4.78, 5) is 11.7. The van der Waals surface area contributed by atoms with Gasteiger partial charge in [0, 0.05) is 56.0 Å². The minimum absolute atomic E-state index is 0.0739. The highest BCUT2D eigenvalue weighted by Crippen LogP contribution is 2.33. The van der Waals surface area contributed by atoms with Gasteiger partial charge in [0.05, 0.1) is 5.38 Å². The number of piperidine rings is 1. The maximum atomic E-state index is 6.54. The van der Waals surface area contributed by atoms with Gasteiger partial charge in [0.1, 0.15) is 0 Å². The van der Waals surface area contributed by atoms with Gasteiger partial charge in [0.2, 0.25) is 11.9 Å². The van der Waals surface area contributed by atoms with E-state index in [1.807, 2.05) is 12.1 Å². The van der Waals surface area contributed by atoms with E-state index in [4.69, 9.17) is 28.9 Å². The van der Waals surface area contributed by atoms with E-state index >= 15 is 0 Å². The average Bonchev–Trinajstić information content (AvgIpc) is 3.19. The Hall–Kier alpha value is -2.22. The van der Waals surface area contributed by atoms with Crippen LogP contribution in [0.25, 0.3) is 0 Å². The lowest BCUT2D eigenvalue weighted by Crippen LogP contribution is -2.52. The second kappa shape index (κ2) is 9.57. The number of benzene rings is 1. The average molecular weight is 488 g/mol. The number of hydrogen-bond donors (Lipinski definition) is 2. The quantitative estimate of drug-likeness (QED) is 0.640. The van der Waals surface area contributed by atoms with Gasteiger partial charge in [-0.25, -0.2) is 5.10 Å². The number of halogens is 2. The highest BCUT2D eigenvalue weighted by Gasteiger charge is 2.35. The summed E-state index contributed by atoms with van der Waals surface area (Å²) in [6, 6.07) is 9.20. The molecule has 3 heterocycles. The molecule has 1 saturated heterocycles. The Morgan fingerprint density at radius 3 is 2.64 bits per heavy atom. The number of aromatic amines is 1. The first-order valence-electron chi connectivity index (χ1n) is 11.6. The zero-order chi connectivity index (χ0) is 22.9. The van der Waals surface area contributed by atoms with Crippen LogP contribution in [0.3, 0.4) is 0 Å². The summed E-state index contributed by atoms with van der Waals surface area (Å²) in [5.41, 5.74) is 9.84. The molecule has 0 amide bonds. The van der Waals surface area contributed by atoms with Gasteiger partial charge in [-0.1, -0.05) is 29.8 Å². The van der Waals surface area contributed by atoms with Gasteiger partial charge < -0.3 is 15.5 Å². The molecule has 2 atom stereocenters. The van der Waals surface area contributed by atoms with E-state index in [1.54, 1.807) is 0 Å². The normalized spacial score (nSPS) is 24.8. The van der Waals surface area contributed by atoms with E-state index in [-0.39, 0.29) is 5.38 Å². The van der Waals surface area contributed by atoms with Crippen molar-refractivity contribution in [2.45, 2.75) is 43.1 Å². The summed E-state index contributed by atoms with van der Waals surface area (Å²) < 4.78 is 0. The molecule has 33 heavy (non-hydrogen) atoms. The molecule has 1 fully saturated rings. The molecule has 7 nitrogen and oxygen atoms in total. The van der Waals surface area contributed by atoms with Crippen molar-refractivity contribution in [1.29, 1.82) is 0 Å². The molecule has 1 aromatic heterocycles. The van der Waals surface area contributed by atoms with Crippen LogP contribution in [0.1, 0.15) is 24.8 Å². The van der Waals surface area contributed by atoms with E-state index in [2.05, 4.69) is 61.2 Å². The maximum absolute atomic E-state index is 6.54. The smallest absolute Gasteiger partial charge is 0.246 e. The Bertz CT molecular complexity index is 1020. The molecular weight excluding hydrogens is 457 g/mol. The van der Waals surface area contributed by atoms with Crippen molar-refractivity contribution >= 4 is 35.1 Å². The van der Waals surface area contributed by atoms with Gasteiger partial charge in [0.25, 0.3) is 0 Å². The number of nitrogen functional groups attached to an aromatic ring is 1. The third-order valence-electron chi connectivity index (χ3n) is 7.10. The third-order valence-corrected chi connectivity index (χ3v) is 7.65. The fourth-order valence-electron chi connectivity index (χ4n) is 5.44. The molecule has 2 aromatic rings. The van der Waals surface area contributed by atoms with Crippen LogP contribution in [0.5, 0.6) is 0 Å². The summed E-state index contributed by atoms with van der Waals surface area (Å²) in [6.07, 6.45) is 8.39. The fourth-order valence-corrected chi connectivity index (χ4v) is 5.82. The number of nitrogens with two attached hydrogens (primary N) is 1. The molecule has 0 bridgehead atoms. The van der Waals surface area contributed by atoms with Crippen LogP contribution in [0.15, 0.2) is 47.7 Å². The van der Waals surface area contributed by atoms with Crippen LogP contribution in [0.4, 0.5) is 11.9 Å². The standard InChI is InChI=1S/C24H31Cl2N7/c1-31-15-21(12-16-2-4-18(25)5-3-16)33(14-17-13-19(26)6-7-22(17)31)20-8-10-32(11-9-20)24-28-23(27)29-30-24/h2-7,19-21H,8-15H2,1H3,(H3,27,28,29,30). The Morgan fingerprint density at radius 2 is 1.94 bits per heavy atom. The molecule has 3 N–H and O–H groups in total. The van der Waals surface area contributed by atoms with Crippen LogP contribution in [-0.4, -0.2) is 75.7 Å². The minimum Gasteiger partial charge on any atom is -0.373 e. The van der Waals surface area contributed by atoms with Crippen molar-refractivity contribution in [3.8, 4) is 0 Å². The Morgan fingerprint density at radius 1 is 1.18 bits per heavy atom. The molecule has 176 valence electrons. The maximum Gasteiger partial charge on any atom is 0.246 e. The Kier molecular flexibility index (Phi) is 6.54. The van der Waals surface area contributed by atoms with Gasteiger partial charge in [-0.3, -0.25) is 4.90 Å². The van der Waals surface area contributed by atoms with Gasteiger partial charge in [0.15, 0.2) is 0 Å². The number of allylic oxidation sites excluding steroid dienone is 2. The summed E-state index contributed by atoms with van der Waals surface area (Å²) in [5, 5.41) is 7.85. The van der Waals surface area contributed by atoms with Crippen molar-refractivity contribution in [3.05, 3.63) is 58.3 Å². The van der Waals surface area contributed by atoms with Crippen molar-refractivity contribution in [1.82, 2.24) is 25.0 Å². The minimum atomic E-state index is 0.0739. The van der Waals surface area contributed by atoms with Crippen LogP contribution >= 0.6 is 23.2 Å². The van der Waals surface area contributed by atoms with Gasteiger partial charge >= 0.3 is 0 Å². The fraction of sp³-hybridized carbons (Fsp3) is 0.500. The third kappa shape index (κ3) is 5.00. The highest BCUT2D eigenvalue weighted by molar-refractivity contribution is 6.30. The van der Waals surface area contributed by atoms with E-state index in [9.17, 15) is 0 Å². The molecule has 2 unspecified atom stereocenters. The number of alkyl halides is 1. The van der Waals surface area contributed by atoms with Crippen molar-refractivity contribution in [2.75, 3.05) is 43.9 Å². The number of anilines is 2. The van der Waals surface area contributed by atoms with E-state index in [0.717, 1.165) is 56.9 Å². The van der Waals surface area contributed by atoms with Crippen molar-refractivity contribution < 1.29 is 0 Å². The topological polar surface area (TPSA) is 77.3 Å². The van der Waals surface area contributed by atoms with E-state index in [0.29, 0.717) is 24.0 Å². The van der Waals surface area contributed by atoms with Crippen molar-refractivity contribution in [3.63, 3.8) is 0 Å². The van der Waals surface area contributed by atoms with Crippen LogP contribution in [-0.2, 0) is 6.42 Å². The monoisotopic (exact) mass is 487 g/mol. The largest absolute Gasteiger partial charge is 0.373 e. The first kappa shape index (κ1) is 22.6. The number of nitrogens with one attached hydrogen (secondary N) is 1. The second-order valence-corrected chi connectivity index (χ2v) is 10.3. The zero-order valence-electron chi connectivity index (χ0n) is 18.9. The molecule has 0 saturated carbocycles. The summed E-state index contributed by atoms with van der Waals surface area (Å²) in [6.45, 7) is 3.79.